The molecular weight excluding hydrogens is 474 g/mol. The van der Waals surface area contributed by atoms with Crippen LogP contribution in [0.25, 0.3) is 11.0 Å². The third-order valence-electron chi connectivity index (χ3n) is 6.99. The number of amides is 2. The molecule has 36 heavy (non-hydrogen) atoms. The van der Waals surface area contributed by atoms with Gasteiger partial charge < -0.3 is 15.2 Å². The molecule has 0 radical (unpaired) electrons. The number of carbonyl (C=O) groups excluding carboxylic acids is 2. The molecule has 2 aromatic carbocycles. The summed E-state index contributed by atoms with van der Waals surface area (Å²) in [5.74, 6) is 0.382. The second-order valence-electron chi connectivity index (χ2n) is 9.22. The van der Waals surface area contributed by atoms with Crippen molar-refractivity contribution in [3.8, 4) is 0 Å². The molecule has 8 heteroatoms. The van der Waals surface area contributed by atoms with Crippen molar-refractivity contribution in [1.29, 1.82) is 0 Å². The van der Waals surface area contributed by atoms with Gasteiger partial charge in [0.25, 0.3) is 11.8 Å². The summed E-state index contributed by atoms with van der Waals surface area (Å²) in [7, 11) is 0. The predicted molar refractivity (Wildman–Crippen MR) is 140 cm³/mol. The molecule has 1 aliphatic rings. The van der Waals surface area contributed by atoms with Gasteiger partial charge in [0.1, 0.15) is 11.4 Å². The average Bonchev–Trinajstić information content (AvgIpc) is 3.57. The minimum absolute atomic E-state index is 0.0255. The van der Waals surface area contributed by atoms with Gasteiger partial charge in [0.15, 0.2) is 0 Å². The summed E-state index contributed by atoms with van der Waals surface area (Å²) in [6, 6.07) is 14.5. The van der Waals surface area contributed by atoms with Crippen LogP contribution >= 0.6 is 11.6 Å². The summed E-state index contributed by atoms with van der Waals surface area (Å²) in [6.07, 6.45) is 6.02. The lowest BCUT2D eigenvalue weighted by atomic mass is 9.86. The molecular formula is C28H28ClN5O2. The Morgan fingerprint density at radius 3 is 2.53 bits per heavy atom. The Labute approximate surface area is 214 Å². The van der Waals surface area contributed by atoms with Crippen molar-refractivity contribution < 1.29 is 9.59 Å². The highest BCUT2D eigenvalue weighted by Crippen LogP contribution is 2.33. The summed E-state index contributed by atoms with van der Waals surface area (Å²) >= 11 is 6.19. The normalized spacial score (nSPS) is 15.1. The standard InChI is InChI=1S/C28H28ClN5O2/c1-3-28(20-10-12-30-13-11-20,27-31-23-9-7-21(29)17-24(23)32-27)33-25(35)19-6-8-22(18(2)16-19)26(36)34-14-4-5-15-34/h6-13,16-17H,3-5,14-15H2,1-2H3,(H,31,32)(H,33,35)/t28-/m0/s1. The molecule has 3 heterocycles. The van der Waals surface area contributed by atoms with Gasteiger partial charge in [-0.1, -0.05) is 18.5 Å². The number of H-pyrrole nitrogens is 1. The zero-order chi connectivity index (χ0) is 25.3. The molecule has 184 valence electrons. The first-order valence-electron chi connectivity index (χ1n) is 12.2. The Morgan fingerprint density at radius 2 is 1.83 bits per heavy atom. The van der Waals surface area contributed by atoms with Gasteiger partial charge in [-0.3, -0.25) is 14.6 Å². The van der Waals surface area contributed by atoms with Gasteiger partial charge in [0.2, 0.25) is 0 Å². The van der Waals surface area contributed by atoms with Crippen LogP contribution in [-0.4, -0.2) is 44.8 Å². The van der Waals surface area contributed by atoms with Crippen molar-refractivity contribution in [2.45, 2.75) is 38.6 Å². The van der Waals surface area contributed by atoms with Crippen molar-refractivity contribution in [3.63, 3.8) is 0 Å². The fourth-order valence-electron chi connectivity index (χ4n) is 4.95. The van der Waals surface area contributed by atoms with Gasteiger partial charge in [-0.2, -0.15) is 0 Å². The number of aromatic nitrogens is 3. The molecule has 5 rings (SSSR count). The number of nitrogens with one attached hydrogen (secondary N) is 2. The maximum Gasteiger partial charge on any atom is 0.254 e. The monoisotopic (exact) mass is 501 g/mol. The minimum atomic E-state index is -0.927. The fourth-order valence-corrected chi connectivity index (χ4v) is 5.11. The zero-order valence-electron chi connectivity index (χ0n) is 20.3. The summed E-state index contributed by atoms with van der Waals surface area (Å²) < 4.78 is 0. The lowest BCUT2D eigenvalue weighted by Gasteiger charge is -2.32. The number of pyridine rings is 1. The molecule has 2 N–H and O–H groups in total. The average molecular weight is 502 g/mol. The van der Waals surface area contributed by atoms with E-state index in [2.05, 4.69) is 15.3 Å². The van der Waals surface area contributed by atoms with E-state index in [0.29, 0.717) is 28.4 Å². The van der Waals surface area contributed by atoms with Crippen LogP contribution in [-0.2, 0) is 5.54 Å². The number of halogens is 1. The van der Waals surface area contributed by atoms with Crippen LogP contribution in [0.4, 0.5) is 0 Å². The zero-order valence-corrected chi connectivity index (χ0v) is 21.1. The molecule has 2 amide bonds. The van der Waals surface area contributed by atoms with Crippen molar-refractivity contribution in [2.24, 2.45) is 0 Å². The smallest absolute Gasteiger partial charge is 0.254 e. The first kappa shape index (κ1) is 24.0. The molecule has 1 saturated heterocycles. The molecule has 0 spiro atoms. The van der Waals surface area contributed by atoms with Crippen LogP contribution in [0.2, 0.25) is 5.02 Å². The lowest BCUT2D eigenvalue weighted by molar-refractivity contribution is 0.0791. The Kier molecular flexibility index (Phi) is 6.49. The lowest BCUT2D eigenvalue weighted by Crippen LogP contribution is -2.47. The van der Waals surface area contributed by atoms with Gasteiger partial charge in [0, 0.05) is 41.6 Å². The second-order valence-corrected chi connectivity index (χ2v) is 9.66. The highest BCUT2D eigenvalue weighted by Gasteiger charge is 2.38. The Bertz CT molecular complexity index is 1430. The molecule has 0 saturated carbocycles. The molecule has 1 aliphatic heterocycles. The van der Waals surface area contributed by atoms with E-state index >= 15 is 0 Å². The van der Waals surface area contributed by atoms with Crippen molar-refractivity contribution in [2.75, 3.05) is 13.1 Å². The third kappa shape index (κ3) is 4.35. The summed E-state index contributed by atoms with van der Waals surface area (Å²) in [4.78, 5) is 40.8. The number of fused-ring (bicyclic) bond motifs is 1. The summed E-state index contributed by atoms with van der Waals surface area (Å²) in [5.41, 5.74) is 3.38. The van der Waals surface area contributed by atoms with Crippen LogP contribution in [0.3, 0.4) is 0 Å². The topological polar surface area (TPSA) is 91.0 Å². The molecule has 2 aromatic heterocycles. The van der Waals surface area contributed by atoms with Gasteiger partial charge in [-0.15, -0.1) is 0 Å². The van der Waals surface area contributed by atoms with Crippen molar-refractivity contribution in [3.05, 3.63) is 94.0 Å². The number of aryl methyl sites for hydroxylation is 1. The molecule has 1 atom stereocenters. The molecule has 1 fully saturated rings. The van der Waals surface area contributed by atoms with Crippen LogP contribution < -0.4 is 5.32 Å². The number of nitrogens with zero attached hydrogens (tertiary/aromatic N) is 3. The van der Waals surface area contributed by atoms with E-state index < -0.39 is 5.54 Å². The number of hydrogen-bond acceptors (Lipinski definition) is 4. The van der Waals surface area contributed by atoms with E-state index in [4.69, 9.17) is 16.6 Å². The van der Waals surface area contributed by atoms with Crippen molar-refractivity contribution >= 4 is 34.4 Å². The predicted octanol–water partition coefficient (Wildman–Crippen LogP) is 5.24. The van der Waals surface area contributed by atoms with E-state index in [9.17, 15) is 9.59 Å². The molecule has 0 unspecified atom stereocenters. The number of imidazole rings is 1. The Balaban J connectivity index is 1.51. The van der Waals surface area contributed by atoms with Gasteiger partial charge in [-0.25, -0.2) is 4.98 Å². The van der Waals surface area contributed by atoms with Gasteiger partial charge in [-0.05, 0) is 85.8 Å². The first-order valence-corrected chi connectivity index (χ1v) is 12.6. The summed E-state index contributed by atoms with van der Waals surface area (Å²) in [6.45, 7) is 5.45. The Morgan fingerprint density at radius 1 is 1.08 bits per heavy atom. The van der Waals surface area contributed by atoms with E-state index in [1.54, 1.807) is 42.7 Å². The van der Waals surface area contributed by atoms with E-state index in [1.165, 1.54) is 0 Å². The van der Waals surface area contributed by atoms with E-state index in [1.807, 2.05) is 36.9 Å². The molecule has 0 bridgehead atoms. The number of aromatic amines is 1. The largest absolute Gasteiger partial charge is 0.340 e. The number of carbonyl (C=O) groups is 2. The summed E-state index contributed by atoms with van der Waals surface area (Å²) in [5, 5.41) is 3.84. The maximum atomic E-state index is 13.6. The fraction of sp³-hybridized carbons (Fsp3) is 0.286. The third-order valence-corrected chi connectivity index (χ3v) is 7.23. The number of benzene rings is 2. The van der Waals surface area contributed by atoms with E-state index in [0.717, 1.165) is 48.1 Å². The van der Waals surface area contributed by atoms with Gasteiger partial charge in [0.05, 0.1) is 11.0 Å². The molecule has 7 nitrogen and oxygen atoms in total. The quantitative estimate of drug-likeness (QED) is 0.378. The number of hydrogen-bond donors (Lipinski definition) is 2. The van der Waals surface area contributed by atoms with Crippen LogP contribution in [0, 0.1) is 6.92 Å². The van der Waals surface area contributed by atoms with E-state index in [-0.39, 0.29) is 11.8 Å². The highest BCUT2D eigenvalue weighted by molar-refractivity contribution is 6.31. The van der Waals surface area contributed by atoms with Crippen molar-refractivity contribution in [1.82, 2.24) is 25.2 Å². The van der Waals surface area contributed by atoms with Crippen LogP contribution in [0.5, 0.6) is 0 Å². The highest BCUT2D eigenvalue weighted by atomic mass is 35.5. The van der Waals surface area contributed by atoms with Gasteiger partial charge >= 0.3 is 0 Å². The Hall–Kier alpha value is -3.71. The second kappa shape index (κ2) is 9.74. The molecule has 0 aliphatic carbocycles. The SMILES string of the molecule is CC[C@](NC(=O)c1ccc(C(=O)N2CCCC2)c(C)c1)(c1ccncc1)c1nc2cc(Cl)ccc2[nH]1. The molecule has 4 aromatic rings. The first-order chi connectivity index (χ1) is 17.4. The van der Waals surface area contributed by atoms with Crippen LogP contribution in [0.1, 0.15) is 63.9 Å². The maximum absolute atomic E-state index is 13.6. The minimum Gasteiger partial charge on any atom is -0.340 e. The number of rotatable bonds is 6. The van der Waals surface area contributed by atoms with Crippen LogP contribution in [0.15, 0.2) is 60.9 Å². The number of likely N-dealkylation sites (tertiary alicyclic amines) is 1.